The van der Waals surface area contributed by atoms with Crippen molar-refractivity contribution >= 4 is 13.7 Å². The van der Waals surface area contributed by atoms with Gasteiger partial charge in [-0.1, -0.05) is 124 Å². The number of carbonyl (C=O) groups excluding carboxylic acids is 1. The first-order valence-electron chi connectivity index (χ1n) is 18.6. The number of nitrogens with zero attached hydrogens (tertiary/aromatic N) is 1. The SMILES string of the molecule is CC/C=C\C/C=C\C/C=C\C/C=C\C/C=C\CC(=O)NC(COP(=O)([O-])OCC[N+](C)(C)C)C(O)/C=C/CC/C=C/CC/C=C/CCCCC. The average Bonchev–Trinajstić information content (AvgIpc) is 3.06. The molecule has 2 N–H and O–H groups in total. The average molecular weight is 717 g/mol. The first kappa shape index (κ1) is 47.4. The number of quaternary nitrogens is 1. The lowest BCUT2D eigenvalue weighted by Gasteiger charge is -2.29. The van der Waals surface area contributed by atoms with E-state index in [9.17, 15) is 19.4 Å². The highest BCUT2D eigenvalue weighted by molar-refractivity contribution is 7.45. The van der Waals surface area contributed by atoms with E-state index in [1.807, 2.05) is 39.4 Å². The molecule has 0 fully saturated rings. The van der Waals surface area contributed by atoms with E-state index in [1.165, 1.54) is 19.3 Å². The predicted octanol–water partition coefficient (Wildman–Crippen LogP) is 8.99. The third-order valence-corrected chi connectivity index (χ3v) is 8.25. The van der Waals surface area contributed by atoms with Crippen molar-refractivity contribution in [3.8, 4) is 0 Å². The van der Waals surface area contributed by atoms with Crippen LogP contribution in [0.5, 0.6) is 0 Å². The molecule has 0 saturated carbocycles. The van der Waals surface area contributed by atoms with Crippen LogP contribution < -0.4 is 10.2 Å². The maximum atomic E-state index is 12.7. The van der Waals surface area contributed by atoms with Gasteiger partial charge in [0.25, 0.3) is 7.82 Å². The zero-order valence-corrected chi connectivity index (χ0v) is 32.7. The third kappa shape index (κ3) is 33.9. The number of carbonyl (C=O) groups is 1. The fourth-order valence-corrected chi connectivity index (χ4v) is 5.03. The van der Waals surface area contributed by atoms with Gasteiger partial charge in [-0.15, -0.1) is 0 Å². The lowest BCUT2D eigenvalue weighted by molar-refractivity contribution is -0.870. The molecule has 0 radical (unpaired) electrons. The summed E-state index contributed by atoms with van der Waals surface area (Å²) in [6.07, 6.45) is 44.8. The summed E-state index contributed by atoms with van der Waals surface area (Å²) in [6.45, 7) is 4.34. The molecular formula is C41H69N2O6P. The molecule has 50 heavy (non-hydrogen) atoms. The van der Waals surface area contributed by atoms with E-state index < -0.39 is 26.6 Å². The molecule has 0 spiro atoms. The van der Waals surface area contributed by atoms with E-state index >= 15 is 0 Å². The van der Waals surface area contributed by atoms with Gasteiger partial charge in [-0.05, 0) is 70.6 Å². The van der Waals surface area contributed by atoms with Crippen LogP contribution in [0.1, 0.15) is 104 Å². The quantitative estimate of drug-likeness (QED) is 0.0321. The van der Waals surface area contributed by atoms with E-state index in [4.69, 9.17) is 9.05 Å². The smallest absolute Gasteiger partial charge is 0.268 e. The topological polar surface area (TPSA) is 108 Å². The summed E-state index contributed by atoms with van der Waals surface area (Å²) < 4.78 is 23.0. The van der Waals surface area contributed by atoms with Crippen molar-refractivity contribution in [2.45, 2.75) is 116 Å². The van der Waals surface area contributed by atoms with Gasteiger partial charge in [-0.2, -0.15) is 0 Å². The molecule has 3 atom stereocenters. The summed E-state index contributed by atoms with van der Waals surface area (Å²) in [7, 11) is 1.16. The number of phosphoric ester groups is 1. The summed E-state index contributed by atoms with van der Waals surface area (Å²) in [4.78, 5) is 25.1. The number of allylic oxidation sites excluding steroid dienone is 14. The monoisotopic (exact) mass is 716 g/mol. The molecule has 0 bridgehead atoms. The van der Waals surface area contributed by atoms with Crippen molar-refractivity contribution in [3.05, 3.63) is 97.2 Å². The first-order valence-corrected chi connectivity index (χ1v) is 20.1. The number of likely N-dealkylation sites (N-methyl/N-ethyl adjacent to an activating group) is 1. The van der Waals surface area contributed by atoms with Crippen molar-refractivity contribution in [1.82, 2.24) is 5.32 Å². The van der Waals surface area contributed by atoms with Crippen LogP contribution in [0, 0.1) is 0 Å². The number of hydrogen-bond acceptors (Lipinski definition) is 6. The van der Waals surface area contributed by atoms with Gasteiger partial charge in [0.15, 0.2) is 0 Å². The van der Waals surface area contributed by atoms with E-state index in [1.54, 1.807) is 12.2 Å². The Morgan fingerprint density at radius 2 is 1.22 bits per heavy atom. The van der Waals surface area contributed by atoms with Crippen LogP contribution in [0.3, 0.4) is 0 Å². The largest absolute Gasteiger partial charge is 0.756 e. The minimum Gasteiger partial charge on any atom is -0.756 e. The van der Waals surface area contributed by atoms with Crippen LogP contribution in [0.15, 0.2) is 97.2 Å². The number of nitrogens with one attached hydrogen (secondary N) is 1. The van der Waals surface area contributed by atoms with Gasteiger partial charge in [-0.3, -0.25) is 9.36 Å². The fourth-order valence-electron chi connectivity index (χ4n) is 4.31. The molecule has 0 aliphatic rings. The molecule has 8 nitrogen and oxygen atoms in total. The van der Waals surface area contributed by atoms with Crippen LogP contribution in [0.4, 0.5) is 0 Å². The lowest BCUT2D eigenvalue weighted by Crippen LogP contribution is -2.45. The molecule has 3 unspecified atom stereocenters. The van der Waals surface area contributed by atoms with Gasteiger partial charge in [0.05, 0.1) is 39.9 Å². The molecule has 0 aromatic carbocycles. The number of aliphatic hydroxyl groups excluding tert-OH is 1. The lowest BCUT2D eigenvalue weighted by atomic mass is 10.1. The molecule has 0 heterocycles. The van der Waals surface area contributed by atoms with Crippen molar-refractivity contribution in [2.24, 2.45) is 0 Å². The van der Waals surface area contributed by atoms with Gasteiger partial charge in [0.2, 0.25) is 5.91 Å². The van der Waals surface area contributed by atoms with Gasteiger partial charge in [0.1, 0.15) is 13.2 Å². The van der Waals surface area contributed by atoms with E-state index in [-0.39, 0.29) is 18.9 Å². The molecule has 0 rings (SSSR count). The summed E-state index contributed by atoms with van der Waals surface area (Å²) in [5, 5.41) is 13.6. The minimum absolute atomic E-state index is 0.0312. The summed E-state index contributed by atoms with van der Waals surface area (Å²) in [6, 6.07) is -0.967. The van der Waals surface area contributed by atoms with Crippen LogP contribution in [0.25, 0.3) is 0 Å². The van der Waals surface area contributed by atoms with Gasteiger partial charge >= 0.3 is 0 Å². The highest BCUT2D eigenvalue weighted by atomic mass is 31.2. The number of phosphoric acid groups is 1. The minimum atomic E-state index is -4.62. The molecule has 0 aromatic rings. The van der Waals surface area contributed by atoms with Crippen LogP contribution >= 0.6 is 7.82 Å². The first-order chi connectivity index (χ1) is 24.0. The molecular weight excluding hydrogens is 647 g/mol. The fraction of sp³-hybridized carbons (Fsp3) is 0.585. The maximum absolute atomic E-state index is 12.7. The number of rotatable bonds is 31. The van der Waals surface area contributed by atoms with Crippen LogP contribution in [-0.4, -0.2) is 68.5 Å². The Morgan fingerprint density at radius 1 is 0.720 bits per heavy atom. The van der Waals surface area contributed by atoms with Gasteiger partial charge in [-0.25, -0.2) is 0 Å². The Labute approximate surface area is 305 Å². The summed E-state index contributed by atoms with van der Waals surface area (Å²) >= 11 is 0. The van der Waals surface area contributed by atoms with Crippen LogP contribution in [0.2, 0.25) is 0 Å². The molecule has 0 aromatic heterocycles. The Bertz CT molecular complexity index is 1130. The second kappa shape index (κ2) is 32.3. The van der Waals surface area contributed by atoms with E-state index in [0.29, 0.717) is 23.9 Å². The molecule has 0 saturated heterocycles. The van der Waals surface area contributed by atoms with E-state index in [0.717, 1.165) is 51.4 Å². The highest BCUT2D eigenvalue weighted by Gasteiger charge is 2.22. The Kier molecular flexibility index (Phi) is 30.7. The number of hydrogen-bond donors (Lipinski definition) is 2. The van der Waals surface area contributed by atoms with Crippen molar-refractivity contribution in [2.75, 3.05) is 40.9 Å². The van der Waals surface area contributed by atoms with Gasteiger partial charge < -0.3 is 28.8 Å². The maximum Gasteiger partial charge on any atom is 0.268 e. The number of unbranched alkanes of at least 4 members (excludes halogenated alkanes) is 5. The predicted molar refractivity (Wildman–Crippen MR) is 209 cm³/mol. The zero-order valence-electron chi connectivity index (χ0n) is 31.8. The number of amides is 1. The van der Waals surface area contributed by atoms with Crippen molar-refractivity contribution in [3.63, 3.8) is 0 Å². The third-order valence-electron chi connectivity index (χ3n) is 7.28. The number of aliphatic hydroxyl groups is 1. The molecule has 284 valence electrons. The zero-order chi connectivity index (χ0) is 37.2. The van der Waals surface area contributed by atoms with Crippen molar-refractivity contribution in [1.29, 1.82) is 0 Å². The molecule has 0 aliphatic heterocycles. The second-order valence-electron chi connectivity index (χ2n) is 13.2. The Morgan fingerprint density at radius 3 is 1.74 bits per heavy atom. The summed E-state index contributed by atoms with van der Waals surface area (Å²) in [5.74, 6) is -0.346. The standard InChI is InChI=1S/C41H69N2O6P/c1-6-8-10-12-14-16-18-20-21-23-25-27-29-31-33-35-41(45)42-39(38-49-50(46,47)48-37-36-43(3,4)5)40(44)34-32-30-28-26-24-22-19-17-15-13-11-9-7-2/h8,10,14-17,20-21,24-27,31-34,39-40,44H,6-7,9,11-13,18-19,22-23,28-30,35-38H2,1-5H3,(H-,42,45,46,47)/b10-8-,16-14-,17-15+,21-20-,26-24+,27-25-,33-31-,34-32+. The van der Waals surface area contributed by atoms with E-state index in [2.05, 4.69) is 86.0 Å². The second-order valence-corrected chi connectivity index (χ2v) is 14.6. The van der Waals surface area contributed by atoms with Crippen molar-refractivity contribution < 1.29 is 32.9 Å². The van der Waals surface area contributed by atoms with Gasteiger partial charge in [0, 0.05) is 6.42 Å². The Hall–Kier alpha value is -2.58. The molecule has 0 aliphatic carbocycles. The highest BCUT2D eigenvalue weighted by Crippen LogP contribution is 2.38. The Balaban J connectivity index is 4.82. The van der Waals surface area contributed by atoms with Crippen LogP contribution in [-0.2, 0) is 18.4 Å². The summed E-state index contributed by atoms with van der Waals surface area (Å²) in [5.41, 5.74) is 0. The molecule has 1 amide bonds. The molecule has 9 heteroatoms. The normalized spacial score (nSPS) is 15.7.